The van der Waals surface area contributed by atoms with Crippen LogP contribution in [-0.2, 0) is 6.54 Å². The standard InChI is InChI=1S/C18H17N5O2/c24-17-10-15(12-1-2-12)22-11-23(17)8-7-21-18(25)13-3-4-14-16(9-13)20-6-5-19-14/h3-6,9-12H,1-2,7-8H2,(H,21,25). The first kappa shape index (κ1) is 15.4. The number of hydrogen-bond acceptors (Lipinski definition) is 5. The van der Waals surface area contributed by atoms with E-state index >= 15 is 0 Å². The normalized spacial score (nSPS) is 13.8. The molecule has 0 aliphatic heterocycles. The topological polar surface area (TPSA) is 89.8 Å². The minimum absolute atomic E-state index is 0.0767. The lowest BCUT2D eigenvalue weighted by Gasteiger charge is -2.08. The van der Waals surface area contributed by atoms with Crippen LogP contribution in [0.15, 0.2) is 47.8 Å². The number of fused-ring (bicyclic) bond motifs is 1. The Kier molecular flexibility index (Phi) is 3.97. The van der Waals surface area contributed by atoms with Crippen molar-refractivity contribution in [1.29, 1.82) is 0 Å². The van der Waals surface area contributed by atoms with E-state index in [1.54, 1.807) is 43.0 Å². The fourth-order valence-corrected chi connectivity index (χ4v) is 2.71. The summed E-state index contributed by atoms with van der Waals surface area (Å²) in [5, 5.41) is 2.81. The minimum Gasteiger partial charge on any atom is -0.350 e. The summed E-state index contributed by atoms with van der Waals surface area (Å²) in [6, 6.07) is 6.78. The molecule has 1 amide bonds. The van der Waals surface area contributed by atoms with E-state index in [1.807, 2.05) is 0 Å². The minimum atomic E-state index is -0.205. The van der Waals surface area contributed by atoms with Crippen molar-refractivity contribution in [3.8, 4) is 0 Å². The summed E-state index contributed by atoms with van der Waals surface area (Å²) in [5.74, 6) is 0.251. The van der Waals surface area contributed by atoms with Crippen LogP contribution in [0.5, 0.6) is 0 Å². The summed E-state index contributed by atoms with van der Waals surface area (Å²) in [5.41, 5.74) is 2.73. The van der Waals surface area contributed by atoms with E-state index in [9.17, 15) is 9.59 Å². The van der Waals surface area contributed by atoms with Crippen LogP contribution in [0.4, 0.5) is 0 Å². The Hall–Kier alpha value is -3.09. The van der Waals surface area contributed by atoms with Gasteiger partial charge in [0.25, 0.3) is 11.5 Å². The second kappa shape index (κ2) is 6.43. The molecule has 0 unspecified atom stereocenters. The van der Waals surface area contributed by atoms with Gasteiger partial charge in [-0.05, 0) is 31.0 Å². The molecule has 3 aromatic rings. The molecule has 7 nitrogen and oxygen atoms in total. The van der Waals surface area contributed by atoms with Gasteiger partial charge >= 0.3 is 0 Å². The average molecular weight is 335 g/mol. The Labute approximate surface area is 143 Å². The van der Waals surface area contributed by atoms with Crippen molar-refractivity contribution in [2.75, 3.05) is 6.54 Å². The number of hydrogen-bond donors (Lipinski definition) is 1. The van der Waals surface area contributed by atoms with E-state index in [0.29, 0.717) is 30.1 Å². The third-order valence-electron chi connectivity index (χ3n) is 4.27. The van der Waals surface area contributed by atoms with Crippen LogP contribution in [0.25, 0.3) is 11.0 Å². The molecule has 2 aromatic heterocycles. The highest BCUT2D eigenvalue weighted by molar-refractivity contribution is 5.97. The molecule has 0 spiro atoms. The zero-order valence-corrected chi connectivity index (χ0v) is 13.6. The van der Waals surface area contributed by atoms with Crippen molar-refractivity contribution in [3.63, 3.8) is 0 Å². The highest BCUT2D eigenvalue weighted by Gasteiger charge is 2.25. The number of aromatic nitrogens is 4. The zero-order chi connectivity index (χ0) is 17.2. The monoisotopic (exact) mass is 335 g/mol. The van der Waals surface area contributed by atoms with Crippen LogP contribution in [0.2, 0.25) is 0 Å². The molecule has 1 fully saturated rings. The summed E-state index contributed by atoms with van der Waals surface area (Å²) < 4.78 is 1.51. The third-order valence-corrected chi connectivity index (χ3v) is 4.27. The molecule has 25 heavy (non-hydrogen) atoms. The Balaban J connectivity index is 1.39. The number of rotatable bonds is 5. The lowest BCUT2D eigenvalue weighted by Crippen LogP contribution is -2.31. The number of carbonyl (C=O) groups is 1. The lowest BCUT2D eigenvalue weighted by atomic mass is 10.2. The number of benzene rings is 1. The second-order valence-corrected chi connectivity index (χ2v) is 6.14. The summed E-state index contributed by atoms with van der Waals surface area (Å²) in [6.07, 6.45) is 7.00. The van der Waals surface area contributed by atoms with Crippen molar-refractivity contribution in [1.82, 2.24) is 24.8 Å². The molecular weight excluding hydrogens is 318 g/mol. The average Bonchev–Trinajstić information content (AvgIpc) is 3.47. The van der Waals surface area contributed by atoms with Gasteiger partial charge in [-0.25, -0.2) is 4.98 Å². The van der Waals surface area contributed by atoms with E-state index in [2.05, 4.69) is 20.3 Å². The van der Waals surface area contributed by atoms with Crippen LogP contribution in [0.1, 0.15) is 34.8 Å². The Bertz CT molecular complexity index is 994. The molecule has 1 N–H and O–H groups in total. The van der Waals surface area contributed by atoms with Crippen LogP contribution in [0, 0.1) is 0 Å². The Morgan fingerprint density at radius 3 is 2.68 bits per heavy atom. The van der Waals surface area contributed by atoms with E-state index in [4.69, 9.17) is 0 Å². The quantitative estimate of drug-likeness (QED) is 0.763. The summed E-state index contributed by atoms with van der Waals surface area (Å²) in [6.45, 7) is 0.734. The molecule has 2 heterocycles. The van der Waals surface area contributed by atoms with Gasteiger partial charge in [0.15, 0.2) is 0 Å². The maximum atomic E-state index is 12.3. The number of nitrogens with zero attached hydrogens (tertiary/aromatic N) is 4. The van der Waals surface area contributed by atoms with Gasteiger partial charge in [-0.1, -0.05) is 0 Å². The highest BCUT2D eigenvalue weighted by atomic mass is 16.1. The van der Waals surface area contributed by atoms with Crippen LogP contribution < -0.4 is 10.9 Å². The van der Waals surface area contributed by atoms with Gasteiger partial charge in [0.05, 0.1) is 23.1 Å². The zero-order valence-electron chi connectivity index (χ0n) is 13.6. The number of amides is 1. The van der Waals surface area contributed by atoms with Crippen LogP contribution in [0.3, 0.4) is 0 Å². The van der Waals surface area contributed by atoms with Crippen molar-refractivity contribution in [2.24, 2.45) is 0 Å². The van der Waals surface area contributed by atoms with Crippen molar-refractivity contribution >= 4 is 16.9 Å². The molecule has 7 heteroatoms. The maximum absolute atomic E-state index is 12.3. The van der Waals surface area contributed by atoms with Gasteiger partial charge in [0.1, 0.15) is 0 Å². The number of carbonyl (C=O) groups excluding carboxylic acids is 1. The second-order valence-electron chi connectivity index (χ2n) is 6.14. The summed E-state index contributed by atoms with van der Waals surface area (Å²) >= 11 is 0. The Morgan fingerprint density at radius 2 is 1.92 bits per heavy atom. The third kappa shape index (κ3) is 3.40. The van der Waals surface area contributed by atoms with Crippen molar-refractivity contribution in [2.45, 2.75) is 25.3 Å². The SMILES string of the molecule is O=C(NCCn1cnc(C2CC2)cc1=O)c1ccc2nccnc2c1. The molecule has 0 radical (unpaired) electrons. The van der Waals surface area contributed by atoms with Gasteiger partial charge < -0.3 is 5.32 Å². The summed E-state index contributed by atoms with van der Waals surface area (Å²) in [4.78, 5) is 37.0. The van der Waals surface area contributed by atoms with E-state index in [1.165, 1.54) is 4.57 Å². The van der Waals surface area contributed by atoms with E-state index in [0.717, 1.165) is 24.1 Å². The largest absolute Gasteiger partial charge is 0.350 e. The molecule has 0 saturated heterocycles. The molecule has 0 bridgehead atoms. The van der Waals surface area contributed by atoms with Crippen LogP contribution in [-0.4, -0.2) is 32.0 Å². The van der Waals surface area contributed by atoms with Gasteiger partial charge in [0, 0.05) is 43.0 Å². The lowest BCUT2D eigenvalue weighted by molar-refractivity contribution is 0.0952. The first-order valence-corrected chi connectivity index (χ1v) is 8.26. The molecule has 1 aliphatic rings. The van der Waals surface area contributed by atoms with Gasteiger partial charge in [-0.15, -0.1) is 0 Å². The van der Waals surface area contributed by atoms with Crippen LogP contribution >= 0.6 is 0 Å². The van der Waals surface area contributed by atoms with Crippen molar-refractivity contribution < 1.29 is 4.79 Å². The fraction of sp³-hybridized carbons (Fsp3) is 0.278. The molecule has 1 saturated carbocycles. The molecule has 4 rings (SSSR count). The molecule has 0 atom stereocenters. The Morgan fingerprint density at radius 1 is 1.12 bits per heavy atom. The van der Waals surface area contributed by atoms with E-state index in [-0.39, 0.29) is 11.5 Å². The predicted octanol–water partition coefficient (Wildman–Crippen LogP) is 1.49. The molecule has 126 valence electrons. The van der Waals surface area contributed by atoms with E-state index < -0.39 is 0 Å². The fourth-order valence-electron chi connectivity index (χ4n) is 2.71. The first-order chi connectivity index (χ1) is 12.2. The maximum Gasteiger partial charge on any atom is 0.253 e. The van der Waals surface area contributed by atoms with Gasteiger partial charge in [-0.3, -0.25) is 24.1 Å². The first-order valence-electron chi connectivity index (χ1n) is 8.26. The molecule has 1 aliphatic carbocycles. The van der Waals surface area contributed by atoms with Gasteiger partial charge in [-0.2, -0.15) is 0 Å². The number of nitrogens with one attached hydrogen (secondary N) is 1. The predicted molar refractivity (Wildman–Crippen MR) is 92.3 cm³/mol. The molecule has 1 aromatic carbocycles. The summed E-state index contributed by atoms with van der Waals surface area (Å²) in [7, 11) is 0. The molecular formula is C18H17N5O2. The smallest absolute Gasteiger partial charge is 0.253 e. The van der Waals surface area contributed by atoms with Crippen molar-refractivity contribution in [3.05, 3.63) is 64.6 Å². The highest BCUT2D eigenvalue weighted by Crippen LogP contribution is 2.38. The van der Waals surface area contributed by atoms with Gasteiger partial charge in [0.2, 0.25) is 0 Å².